The van der Waals surface area contributed by atoms with Crippen molar-refractivity contribution in [3.63, 3.8) is 0 Å². The van der Waals surface area contributed by atoms with Gasteiger partial charge in [-0.1, -0.05) is 13.0 Å². The van der Waals surface area contributed by atoms with E-state index < -0.39 is 0 Å². The van der Waals surface area contributed by atoms with Crippen LogP contribution in [0.5, 0.6) is 0 Å². The highest BCUT2D eigenvalue weighted by Crippen LogP contribution is 2.18. The summed E-state index contributed by atoms with van der Waals surface area (Å²) in [7, 11) is 0. The Hall–Kier alpha value is -0.800. The van der Waals surface area contributed by atoms with E-state index >= 15 is 0 Å². The number of nitrogens with zero attached hydrogens (tertiary/aromatic N) is 2. The highest BCUT2D eigenvalue weighted by atomic mass is 35.5. The Morgan fingerprint density at radius 3 is 2.62 bits per heavy atom. The van der Waals surface area contributed by atoms with E-state index in [2.05, 4.69) is 35.1 Å². The highest BCUT2D eigenvalue weighted by Gasteiger charge is 2.13. The summed E-state index contributed by atoms with van der Waals surface area (Å²) in [5.41, 5.74) is 2.63. The second kappa shape index (κ2) is 6.06. The molecule has 1 aromatic rings. The van der Waals surface area contributed by atoms with Crippen LogP contribution in [0.3, 0.4) is 0 Å². The predicted octanol–water partition coefficient (Wildman–Crippen LogP) is 1.78. The fourth-order valence-corrected chi connectivity index (χ4v) is 2.03. The number of nitrogens with one attached hydrogen (secondary N) is 1. The summed E-state index contributed by atoms with van der Waals surface area (Å²) in [6, 6.07) is 2.25. The number of rotatable bonds is 2. The number of aromatic nitrogens is 1. The van der Waals surface area contributed by atoms with Gasteiger partial charge in [0.25, 0.3) is 0 Å². The Kier molecular flexibility index (Phi) is 5.03. The monoisotopic (exact) mass is 241 g/mol. The van der Waals surface area contributed by atoms with Crippen LogP contribution >= 0.6 is 12.4 Å². The Morgan fingerprint density at radius 2 is 2.06 bits per heavy atom. The van der Waals surface area contributed by atoms with Crippen LogP contribution in [-0.4, -0.2) is 31.2 Å². The minimum absolute atomic E-state index is 0. The van der Waals surface area contributed by atoms with Crippen molar-refractivity contribution in [2.45, 2.75) is 20.3 Å². The third kappa shape index (κ3) is 2.86. The summed E-state index contributed by atoms with van der Waals surface area (Å²) >= 11 is 0. The Morgan fingerprint density at radius 1 is 1.38 bits per heavy atom. The van der Waals surface area contributed by atoms with Crippen molar-refractivity contribution in [2.75, 3.05) is 31.1 Å². The molecule has 0 radical (unpaired) electrons. The van der Waals surface area contributed by atoms with Crippen LogP contribution in [0, 0.1) is 6.92 Å². The minimum Gasteiger partial charge on any atom is -0.354 e. The molecule has 0 bridgehead atoms. The van der Waals surface area contributed by atoms with Gasteiger partial charge in [-0.05, 0) is 24.5 Å². The van der Waals surface area contributed by atoms with Crippen molar-refractivity contribution in [2.24, 2.45) is 0 Å². The molecule has 1 saturated heterocycles. The smallest absolute Gasteiger partial charge is 0.131 e. The lowest BCUT2D eigenvalue weighted by molar-refractivity contribution is 0.584. The lowest BCUT2D eigenvalue weighted by Crippen LogP contribution is -2.44. The first-order chi connectivity index (χ1) is 7.31. The molecule has 0 amide bonds. The van der Waals surface area contributed by atoms with Gasteiger partial charge in [-0.15, -0.1) is 12.4 Å². The first-order valence-electron chi connectivity index (χ1n) is 5.72. The Balaban J connectivity index is 0.00000128. The molecule has 90 valence electrons. The number of pyridine rings is 1. The quantitative estimate of drug-likeness (QED) is 0.856. The molecule has 1 fully saturated rings. The first-order valence-corrected chi connectivity index (χ1v) is 5.72. The van der Waals surface area contributed by atoms with Gasteiger partial charge >= 0.3 is 0 Å². The van der Waals surface area contributed by atoms with Crippen molar-refractivity contribution in [3.05, 3.63) is 23.4 Å². The van der Waals surface area contributed by atoms with Crippen LogP contribution in [-0.2, 0) is 6.42 Å². The molecule has 1 aromatic heterocycles. The van der Waals surface area contributed by atoms with E-state index in [4.69, 9.17) is 0 Å². The Bertz CT molecular complexity index is 335. The molecule has 0 aliphatic carbocycles. The molecule has 1 aliphatic rings. The molecule has 0 spiro atoms. The maximum absolute atomic E-state index is 4.57. The van der Waals surface area contributed by atoms with Gasteiger partial charge in [0.2, 0.25) is 0 Å². The fourth-order valence-electron chi connectivity index (χ4n) is 2.03. The van der Waals surface area contributed by atoms with Crippen LogP contribution in [0.4, 0.5) is 5.82 Å². The normalized spacial score (nSPS) is 15.8. The SMILES string of the molecule is CCc1cnc(N2CCNCC2)c(C)c1.Cl. The summed E-state index contributed by atoms with van der Waals surface area (Å²) in [6.07, 6.45) is 3.07. The lowest BCUT2D eigenvalue weighted by atomic mass is 10.1. The van der Waals surface area contributed by atoms with Gasteiger partial charge < -0.3 is 10.2 Å². The van der Waals surface area contributed by atoms with E-state index in [1.165, 1.54) is 11.1 Å². The standard InChI is InChI=1S/C12H19N3.ClH/c1-3-11-8-10(2)12(14-9-11)15-6-4-13-5-7-15;/h8-9,13H,3-7H2,1-2H3;1H. The molecule has 1 N–H and O–H groups in total. The predicted molar refractivity (Wildman–Crippen MR) is 70.7 cm³/mol. The van der Waals surface area contributed by atoms with Gasteiger partial charge in [-0.2, -0.15) is 0 Å². The van der Waals surface area contributed by atoms with E-state index in [1.54, 1.807) is 0 Å². The molecule has 0 saturated carbocycles. The minimum atomic E-state index is 0. The molecule has 2 rings (SSSR count). The van der Waals surface area contributed by atoms with Crippen LogP contribution in [0.2, 0.25) is 0 Å². The van der Waals surface area contributed by atoms with Crippen molar-refractivity contribution < 1.29 is 0 Å². The van der Waals surface area contributed by atoms with Crippen LogP contribution in [0.15, 0.2) is 12.3 Å². The van der Waals surface area contributed by atoms with E-state index in [0.717, 1.165) is 38.4 Å². The molecular formula is C12H20ClN3. The van der Waals surface area contributed by atoms with Gasteiger partial charge in [-0.3, -0.25) is 0 Å². The van der Waals surface area contributed by atoms with Crippen molar-refractivity contribution >= 4 is 18.2 Å². The van der Waals surface area contributed by atoms with E-state index in [9.17, 15) is 0 Å². The second-order valence-corrected chi connectivity index (χ2v) is 4.07. The number of aryl methyl sites for hydroxylation is 2. The van der Waals surface area contributed by atoms with E-state index in [0.29, 0.717) is 0 Å². The lowest BCUT2D eigenvalue weighted by Gasteiger charge is -2.29. The molecule has 0 unspecified atom stereocenters. The van der Waals surface area contributed by atoms with E-state index in [1.807, 2.05) is 6.20 Å². The third-order valence-corrected chi connectivity index (χ3v) is 2.93. The topological polar surface area (TPSA) is 28.2 Å². The summed E-state index contributed by atoms with van der Waals surface area (Å²) in [5, 5.41) is 3.36. The summed E-state index contributed by atoms with van der Waals surface area (Å²) in [5.74, 6) is 1.16. The largest absolute Gasteiger partial charge is 0.354 e. The summed E-state index contributed by atoms with van der Waals surface area (Å²) in [4.78, 5) is 6.94. The fraction of sp³-hybridized carbons (Fsp3) is 0.583. The number of anilines is 1. The van der Waals surface area contributed by atoms with Crippen LogP contribution < -0.4 is 10.2 Å². The average Bonchev–Trinajstić information content (AvgIpc) is 2.30. The number of piperazine rings is 1. The van der Waals surface area contributed by atoms with Crippen LogP contribution in [0.25, 0.3) is 0 Å². The van der Waals surface area contributed by atoms with Gasteiger partial charge in [0.15, 0.2) is 0 Å². The zero-order valence-corrected chi connectivity index (χ0v) is 10.8. The zero-order chi connectivity index (χ0) is 10.7. The molecule has 3 nitrogen and oxygen atoms in total. The van der Waals surface area contributed by atoms with Gasteiger partial charge in [0.05, 0.1) is 0 Å². The van der Waals surface area contributed by atoms with Crippen molar-refractivity contribution in [1.29, 1.82) is 0 Å². The third-order valence-electron chi connectivity index (χ3n) is 2.93. The van der Waals surface area contributed by atoms with Gasteiger partial charge in [-0.25, -0.2) is 4.98 Å². The highest BCUT2D eigenvalue weighted by molar-refractivity contribution is 5.85. The second-order valence-electron chi connectivity index (χ2n) is 4.07. The van der Waals surface area contributed by atoms with Gasteiger partial charge in [0, 0.05) is 32.4 Å². The maximum Gasteiger partial charge on any atom is 0.131 e. The maximum atomic E-state index is 4.57. The average molecular weight is 242 g/mol. The summed E-state index contributed by atoms with van der Waals surface area (Å²) in [6.45, 7) is 8.59. The van der Waals surface area contributed by atoms with Crippen molar-refractivity contribution in [1.82, 2.24) is 10.3 Å². The first kappa shape index (κ1) is 13.3. The van der Waals surface area contributed by atoms with Crippen LogP contribution in [0.1, 0.15) is 18.1 Å². The Labute approximate surface area is 104 Å². The molecule has 1 aliphatic heterocycles. The van der Waals surface area contributed by atoms with Gasteiger partial charge in [0.1, 0.15) is 5.82 Å². The zero-order valence-electron chi connectivity index (χ0n) is 9.99. The van der Waals surface area contributed by atoms with E-state index in [-0.39, 0.29) is 12.4 Å². The molecule has 16 heavy (non-hydrogen) atoms. The molecule has 2 heterocycles. The number of halogens is 1. The number of hydrogen-bond acceptors (Lipinski definition) is 3. The molecular weight excluding hydrogens is 222 g/mol. The molecule has 4 heteroatoms. The molecule has 0 aromatic carbocycles. The summed E-state index contributed by atoms with van der Waals surface area (Å²) < 4.78 is 0. The molecule has 0 atom stereocenters. The van der Waals surface area contributed by atoms with Crippen molar-refractivity contribution in [3.8, 4) is 0 Å². The number of hydrogen-bond donors (Lipinski definition) is 1.